The molecule has 0 saturated carbocycles. The molecule has 1 aliphatic rings. The van der Waals surface area contributed by atoms with Gasteiger partial charge in [0.2, 0.25) is 0 Å². The first-order valence-corrected chi connectivity index (χ1v) is 20.6. The average Bonchev–Trinajstić information content (AvgIpc) is 3.20. The minimum Gasteiger partial charge on any atom is -0.457 e. The molecule has 0 bridgehead atoms. The Hall–Kier alpha value is -3.41. The first-order valence-electron chi connectivity index (χ1n) is 20.6. The van der Waals surface area contributed by atoms with E-state index in [-0.39, 0.29) is 19.6 Å². The second kappa shape index (κ2) is 37.2. The normalized spacial score (nSPS) is 21.9. The minimum atomic E-state index is -1.57. The second-order valence-corrected chi connectivity index (χ2v) is 13.3. The van der Waals surface area contributed by atoms with Crippen LogP contribution in [0.15, 0.2) is 122 Å². The number of aliphatic hydroxyl groups excluding tert-OH is 4. The van der Waals surface area contributed by atoms with Gasteiger partial charge in [-0.1, -0.05) is 135 Å². The number of ether oxygens (including phenoxy) is 4. The number of hydrogen-bond donors (Lipinski definition) is 4. The highest BCUT2D eigenvalue weighted by Gasteiger charge is 2.44. The zero-order valence-corrected chi connectivity index (χ0v) is 34.1. The van der Waals surface area contributed by atoms with Crippen LogP contribution in [0.4, 0.5) is 0 Å². The van der Waals surface area contributed by atoms with Crippen molar-refractivity contribution in [2.75, 3.05) is 26.4 Å². The molecule has 1 rings (SSSR count). The van der Waals surface area contributed by atoms with E-state index < -0.39 is 49.4 Å². The van der Waals surface area contributed by atoms with Gasteiger partial charge >= 0.3 is 5.97 Å². The molecule has 0 aromatic carbocycles. The van der Waals surface area contributed by atoms with E-state index in [4.69, 9.17) is 18.9 Å². The smallest absolute Gasteiger partial charge is 0.306 e. The Kier molecular flexibility index (Phi) is 33.6. The fraction of sp³-hybridized carbons (Fsp3) is 0.553. The van der Waals surface area contributed by atoms with Crippen LogP contribution in [-0.4, -0.2) is 89.6 Å². The highest BCUT2D eigenvalue weighted by Crippen LogP contribution is 2.22. The van der Waals surface area contributed by atoms with Crippen LogP contribution >= 0.6 is 0 Å². The van der Waals surface area contributed by atoms with E-state index in [0.29, 0.717) is 13.0 Å². The molecule has 9 nitrogen and oxygen atoms in total. The van der Waals surface area contributed by atoms with E-state index in [1.54, 1.807) is 0 Å². The summed E-state index contributed by atoms with van der Waals surface area (Å²) in [5.41, 5.74) is 0. The van der Waals surface area contributed by atoms with Gasteiger partial charge in [0.15, 0.2) is 6.29 Å². The molecule has 0 radical (unpaired) electrons. The van der Waals surface area contributed by atoms with Gasteiger partial charge in [-0.15, -0.1) is 0 Å². The van der Waals surface area contributed by atoms with Crippen LogP contribution in [0.2, 0.25) is 0 Å². The minimum absolute atomic E-state index is 0.0667. The molecule has 1 aliphatic heterocycles. The summed E-state index contributed by atoms with van der Waals surface area (Å²) in [5, 5.41) is 40.0. The van der Waals surface area contributed by atoms with Crippen molar-refractivity contribution >= 4 is 5.97 Å². The Morgan fingerprint density at radius 1 is 0.571 bits per heavy atom. The summed E-state index contributed by atoms with van der Waals surface area (Å²) in [4.78, 5) is 12.7. The number of rotatable bonds is 32. The molecule has 0 aromatic heterocycles. The molecule has 314 valence electrons. The molecule has 4 N–H and O–H groups in total. The van der Waals surface area contributed by atoms with E-state index in [1.165, 1.54) is 0 Å². The fourth-order valence-corrected chi connectivity index (χ4v) is 5.22. The molecule has 6 atom stereocenters. The lowest BCUT2D eigenvalue weighted by Crippen LogP contribution is -2.59. The molecular weight excluding hydrogens is 709 g/mol. The zero-order chi connectivity index (χ0) is 40.7. The standard InChI is InChI=1S/C47H72O9/c1-3-5-7-9-11-13-15-17-19-20-21-22-23-24-26-28-30-32-34-36-43(49)55-41(40-54-47-46(52)45(51)44(50)42(38-48)56-47)39-53-37-35-33-31-29-27-25-18-16-14-12-10-8-6-4-2/h5-8,11-14,17-19,21-22,24-26,29-32,41-42,44-48,50-52H,3-4,9-10,15-16,20,23,27-28,33-40H2,1-2H3/b7-5-,8-6-,13-11-,14-12-,19-17-,22-21-,25-18-,26-24-,31-29-,32-30-. The third-order valence-corrected chi connectivity index (χ3v) is 8.39. The van der Waals surface area contributed by atoms with Crippen molar-refractivity contribution < 1.29 is 44.2 Å². The Bertz CT molecular complexity index is 1250. The van der Waals surface area contributed by atoms with E-state index >= 15 is 0 Å². The van der Waals surface area contributed by atoms with Gasteiger partial charge < -0.3 is 39.4 Å². The lowest BCUT2D eigenvalue weighted by atomic mass is 9.99. The number of allylic oxidation sites excluding steroid dienone is 20. The van der Waals surface area contributed by atoms with Crippen molar-refractivity contribution in [2.45, 2.75) is 141 Å². The van der Waals surface area contributed by atoms with E-state index in [0.717, 1.165) is 77.0 Å². The molecule has 0 amide bonds. The number of carbonyl (C=O) groups excluding carboxylic acids is 1. The van der Waals surface area contributed by atoms with Crippen LogP contribution in [0, 0.1) is 0 Å². The van der Waals surface area contributed by atoms with Gasteiger partial charge in [-0.05, 0) is 83.5 Å². The van der Waals surface area contributed by atoms with Crippen LogP contribution in [0.1, 0.15) is 104 Å². The third kappa shape index (κ3) is 28.1. The molecule has 0 aliphatic carbocycles. The van der Waals surface area contributed by atoms with Crippen molar-refractivity contribution in [3.63, 3.8) is 0 Å². The van der Waals surface area contributed by atoms with Gasteiger partial charge in [0.05, 0.1) is 19.8 Å². The van der Waals surface area contributed by atoms with Gasteiger partial charge in [-0.25, -0.2) is 0 Å². The SMILES string of the molecule is CC/C=C\C/C=C\C/C=C\C/C=C\C/C=C\C/C=C\CCC(=O)OC(COCCC/C=C\C/C=C\C/C=C\C/C=C\CC)COC1OC(CO)C(O)C(O)C1O. The monoisotopic (exact) mass is 781 g/mol. The van der Waals surface area contributed by atoms with Gasteiger partial charge in [0, 0.05) is 13.0 Å². The van der Waals surface area contributed by atoms with Crippen LogP contribution in [0.25, 0.3) is 0 Å². The summed E-state index contributed by atoms with van der Waals surface area (Å²) in [6, 6.07) is 0. The Morgan fingerprint density at radius 3 is 1.45 bits per heavy atom. The van der Waals surface area contributed by atoms with Crippen LogP contribution in [0.5, 0.6) is 0 Å². The summed E-state index contributed by atoms with van der Waals surface area (Å²) >= 11 is 0. The number of hydrogen-bond acceptors (Lipinski definition) is 9. The maximum absolute atomic E-state index is 12.7. The quantitative estimate of drug-likeness (QED) is 0.0300. The lowest BCUT2D eigenvalue weighted by Gasteiger charge is -2.39. The van der Waals surface area contributed by atoms with Gasteiger partial charge in [-0.2, -0.15) is 0 Å². The van der Waals surface area contributed by atoms with Crippen molar-refractivity contribution in [1.82, 2.24) is 0 Å². The maximum Gasteiger partial charge on any atom is 0.306 e. The van der Waals surface area contributed by atoms with E-state index in [9.17, 15) is 25.2 Å². The predicted octanol–water partition coefficient (Wildman–Crippen LogP) is 8.79. The van der Waals surface area contributed by atoms with E-state index in [1.807, 2.05) is 12.2 Å². The Balaban J connectivity index is 2.42. The molecule has 1 heterocycles. The van der Waals surface area contributed by atoms with Crippen molar-refractivity contribution in [3.8, 4) is 0 Å². The average molecular weight is 781 g/mol. The summed E-state index contributed by atoms with van der Waals surface area (Å²) in [6.07, 6.45) is 46.8. The maximum atomic E-state index is 12.7. The Labute approximate surface area is 337 Å². The third-order valence-electron chi connectivity index (χ3n) is 8.39. The molecule has 6 unspecified atom stereocenters. The molecule has 1 saturated heterocycles. The first kappa shape index (κ1) is 50.6. The first-order chi connectivity index (χ1) is 27.4. The molecule has 1 fully saturated rings. The van der Waals surface area contributed by atoms with Crippen molar-refractivity contribution in [2.24, 2.45) is 0 Å². The topological polar surface area (TPSA) is 135 Å². The molecule has 0 spiro atoms. The van der Waals surface area contributed by atoms with Gasteiger partial charge in [0.1, 0.15) is 30.5 Å². The van der Waals surface area contributed by atoms with Crippen LogP contribution in [0.3, 0.4) is 0 Å². The lowest BCUT2D eigenvalue weighted by molar-refractivity contribution is -0.305. The highest BCUT2D eigenvalue weighted by atomic mass is 16.7. The zero-order valence-electron chi connectivity index (χ0n) is 34.1. The summed E-state index contributed by atoms with van der Waals surface area (Å²) < 4.78 is 22.6. The number of unbranched alkanes of at least 4 members (excludes halogenated alkanes) is 1. The van der Waals surface area contributed by atoms with Crippen LogP contribution in [-0.2, 0) is 23.7 Å². The van der Waals surface area contributed by atoms with Crippen molar-refractivity contribution in [3.05, 3.63) is 122 Å². The van der Waals surface area contributed by atoms with Crippen LogP contribution < -0.4 is 0 Å². The summed E-state index contributed by atoms with van der Waals surface area (Å²) in [7, 11) is 0. The summed E-state index contributed by atoms with van der Waals surface area (Å²) in [6.45, 7) is 4.04. The molecule has 9 heteroatoms. The molecular formula is C47H72O9. The number of esters is 1. The number of aliphatic hydroxyl groups is 4. The van der Waals surface area contributed by atoms with E-state index in [2.05, 4.69) is 123 Å². The number of carbonyl (C=O) groups is 1. The highest BCUT2D eigenvalue weighted by molar-refractivity contribution is 5.69. The molecule has 0 aromatic rings. The van der Waals surface area contributed by atoms with Crippen molar-refractivity contribution in [1.29, 1.82) is 0 Å². The Morgan fingerprint density at radius 2 is 1.00 bits per heavy atom. The fourth-order valence-electron chi connectivity index (χ4n) is 5.22. The predicted molar refractivity (Wildman–Crippen MR) is 228 cm³/mol. The van der Waals surface area contributed by atoms with Gasteiger partial charge in [-0.3, -0.25) is 4.79 Å². The largest absolute Gasteiger partial charge is 0.457 e. The summed E-state index contributed by atoms with van der Waals surface area (Å²) in [5.74, 6) is -0.421. The second-order valence-electron chi connectivity index (χ2n) is 13.3. The van der Waals surface area contributed by atoms with Gasteiger partial charge in [0.25, 0.3) is 0 Å². The molecule has 56 heavy (non-hydrogen) atoms.